The first-order chi connectivity index (χ1) is 8.58. The van der Waals surface area contributed by atoms with Crippen LogP contribution >= 0.6 is 0 Å². The molecule has 0 saturated heterocycles. The van der Waals surface area contributed by atoms with E-state index in [-0.39, 0.29) is 11.8 Å². The van der Waals surface area contributed by atoms with Gasteiger partial charge in [-0.25, -0.2) is 5.43 Å². The third kappa shape index (κ3) is 2.56. The molecule has 0 fully saturated rings. The summed E-state index contributed by atoms with van der Waals surface area (Å²) < 4.78 is 0. The van der Waals surface area contributed by atoms with Crippen LogP contribution in [0.4, 0.5) is 5.69 Å². The SMILES string of the molecule is Cc1cccc(C)c1NC(=O)C1=NNC(=O)CC1. The molecule has 5 heteroatoms. The number of hydrogen-bond donors (Lipinski definition) is 2. The highest BCUT2D eigenvalue weighted by atomic mass is 16.2. The van der Waals surface area contributed by atoms with E-state index in [2.05, 4.69) is 15.8 Å². The van der Waals surface area contributed by atoms with Crippen LogP contribution in [0.1, 0.15) is 24.0 Å². The maximum atomic E-state index is 12.0. The van der Waals surface area contributed by atoms with Crippen LogP contribution in [0.5, 0.6) is 0 Å². The fraction of sp³-hybridized carbons (Fsp3) is 0.308. The van der Waals surface area contributed by atoms with Crippen molar-refractivity contribution in [2.75, 3.05) is 5.32 Å². The quantitative estimate of drug-likeness (QED) is 0.829. The topological polar surface area (TPSA) is 70.6 Å². The summed E-state index contributed by atoms with van der Waals surface area (Å²) in [7, 11) is 0. The van der Waals surface area contributed by atoms with Gasteiger partial charge in [0.25, 0.3) is 5.91 Å². The van der Waals surface area contributed by atoms with E-state index in [1.165, 1.54) is 0 Å². The van der Waals surface area contributed by atoms with Crippen LogP contribution in [0.15, 0.2) is 23.3 Å². The highest BCUT2D eigenvalue weighted by molar-refractivity contribution is 6.43. The third-order valence-corrected chi connectivity index (χ3v) is 2.89. The van der Waals surface area contributed by atoms with Gasteiger partial charge in [-0.15, -0.1) is 0 Å². The zero-order chi connectivity index (χ0) is 13.1. The molecule has 1 heterocycles. The molecule has 94 valence electrons. The first-order valence-electron chi connectivity index (χ1n) is 5.81. The van der Waals surface area contributed by atoms with Crippen molar-refractivity contribution >= 4 is 23.2 Å². The molecule has 2 amide bonds. The van der Waals surface area contributed by atoms with E-state index < -0.39 is 0 Å². The molecule has 5 nitrogen and oxygen atoms in total. The van der Waals surface area contributed by atoms with Crippen molar-refractivity contribution in [3.05, 3.63) is 29.3 Å². The molecule has 0 unspecified atom stereocenters. The molecule has 1 aromatic rings. The number of para-hydroxylation sites is 1. The number of carbonyl (C=O) groups is 2. The number of hydrogen-bond acceptors (Lipinski definition) is 3. The highest BCUT2D eigenvalue weighted by Gasteiger charge is 2.19. The van der Waals surface area contributed by atoms with Gasteiger partial charge >= 0.3 is 0 Å². The lowest BCUT2D eigenvalue weighted by Crippen LogP contribution is -2.33. The van der Waals surface area contributed by atoms with Crippen molar-refractivity contribution in [2.24, 2.45) is 5.10 Å². The number of amides is 2. The Balaban J connectivity index is 2.15. The Kier molecular flexibility index (Phi) is 3.41. The van der Waals surface area contributed by atoms with Gasteiger partial charge in [0.15, 0.2) is 0 Å². The van der Waals surface area contributed by atoms with Gasteiger partial charge in [0, 0.05) is 18.5 Å². The number of nitrogens with zero attached hydrogens (tertiary/aromatic N) is 1. The number of aryl methyl sites for hydroxylation is 2. The van der Waals surface area contributed by atoms with Crippen molar-refractivity contribution in [3.63, 3.8) is 0 Å². The Labute approximate surface area is 105 Å². The maximum Gasteiger partial charge on any atom is 0.271 e. The fourth-order valence-electron chi connectivity index (χ4n) is 1.84. The zero-order valence-corrected chi connectivity index (χ0v) is 10.4. The molecule has 0 aliphatic carbocycles. The molecule has 2 N–H and O–H groups in total. The summed E-state index contributed by atoms with van der Waals surface area (Å²) in [6.45, 7) is 3.88. The van der Waals surface area contributed by atoms with Gasteiger partial charge in [-0.05, 0) is 25.0 Å². The van der Waals surface area contributed by atoms with Crippen LogP contribution in [0.3, 0.4) is 0 Å². The van der Waals surface area contributed by atoms with Gasteiger partial charge in [-0.2, -0.15) is 5.10 Å². The Bertz CT molecular complexity index is 515. The Morgan fingerprint density at radius 3 is 2.50 bits per heavy atom. The molecule has 0 radical (unpaired) electrons. The second-order valence-corrected chi connectivity index (χ2v) is 4.31. The molecular weight excluding hydrogens is 230 g/mol. The maximum absolute atomic E-state index is 12.0. The van der Waals surface area contributed by atoms with E-state index in [0.717, 1.165) is 16.8 Å². The summed E-state index contributed by atoms with van der Waals surface area (Å²) in [5.74, 6) is -0.411. The van der Waals surface area contributed by atoms with Gasteiger partial charge < -0.3 is 5.32 Å². The molecule has 0 aromatic heterocycles. The van der Waals surface area contributed by atoms with Crippen molar-refractivity contribution in [1.29, 1.82) is 0 Å². The van der Waals surface area contributed by atoms with Crippen LogP contribution in [0, 0.1) is 13.8 Å². The van der Waals surface area contributed by atoms with Crippen molar-refractivity contribution in [2.45, 2.75) is 26.7 Å². The smallest absolute Gasteiger partial charge is 0.271 e. The summed E-state index contributed by atoms with van der Waals surface area (Å²) in [5.41, 5.74) is 5.49. The fourth-order valence-corrected chi connectivity index (χ4v) is 1.84. The number of rotatable bonds is 2. The number of anilines is 1. The lowest BCUT2D eigenvalue weighted by Gasteiger charge is -2.14. The number of nitrogens with one attached hydrogen (secondary N) is 2. The summed E-state index contributed by atoms with van der Waals surface area (Å²) in [6.07, 6.45) is 0.682. The minimum Gasteiger partial charge on any atom is -0.320 e. The number of benzene rings is 1. The standard InChI is InChI=1S/C13H15N3O2/c1-8-4-3-5-9(2)12(8)14-13(18)10-6-7-11(17)16-15-10/h3-5H,6-7H2,1-2H3,(H,14,18)(H,16,17). The van der Waals surface area contributed by atoms with E-state index >= 15 is 0 Å². The monoisotopic (exact) mass is 245 g/mol. The molecule has 18 heavy (non-hydrogen) atoms. The molecule has 0 spiro atoms. The van der Waals surface area contributed by atoms with Gasteiger partial charge in [0.2, 0.25) is 5.91 Å². The van der Waals surface area contributed by atoms with Crippen molar-refractivity contribution < 1.29 is 9.59 Å². The van der Waals surface area contributed by atoms with Gasteiger partial charge in [0.1, 0.15) is 5.71 Å². The summed E-state index contributed by atoms with van der Waals surface area (Å²) in [6, 6.07) is 5.82. The van der Waals surface area contributed by atoms with E-state index in [0.29, 0.717) is 18.6 Å². The van der Waals surface area contributed by atoms with E-state index in [1.54, 1.807) is 0 Å². The molecule has 0 saturated carbocycles. The van der Waals surface area contributed by atoms with Crippen LogP contribution < -0.4 is 10.7 Å². The first-order valence-corrected chi connectivity index (χ1v) is 5.81. The van der Waals surface area contributed by atoms with Gasteiger partial charge in [0.05, 0.1) is 0 Å². The Morgan fingerprint density at radius 1 is 1.28 bits per heavy atom. The van der Waals surface area contributed by atoms with Crippen molar-refractivity contribution in [3.8, 4) is 0 Å². The lowest BCUT2D eigenvalue weighted by molar-refractivity contribution is -0.121. The van der Waals surface area contributed by atoms with Crippen LogP contribution in [-0.2, 0) is 9.59 Å². The molecule has 1 aromatic carbocycles. The minimum atomic E-state index is -0.257. The normalized spacial score (nSPS) is 14.8. The second-order valence-electron chi connectivity index (χ2n) is 4.31. The van der Waals surface area contributed by atoms with Crippen LogP contribution in [-0.4, -0.2) is 17.5 Å². The van der Waals surface area contributed by atoms with Crippen LogP contribution in [0.25, 0.3) is 0 Å². The highest BCUT2D eigenvalue weighted by Crippen LogP contribution is 2.19. The molecule has 1 aliphatic heterocycles. The van der Waals surface area contributed by atoms with E-state index in [9.17, 15) is 9.59 Å². The summed E-state index contributed by atoms with van der Waals surface area (Å²) in [4.78, 5) is 22.9. The van der Waals surface area contributed by atoms with E-state index in [1.807, 2.05) is 32.0 Å². The van der Waals surface area contributed by atoms with E-state index in [4.69, 9.17) is 0 Å². The molecule has 0 atom stereocenters. The number of carbonyl (C=O) groups excluding carboxylic acids is 2. The Hall–Kier alpha value is -2.17. The minimum absolute atomic E-state index is 0.154. The third-order valence-electron chi connectivity index (χ3n) is 2.89. The Morgan fingerprint density at radius 2 is 1.94 bits per heavy atom. The summed E-state index contributed by atoms with van der Waals surface area (Å²) >= 11 is 0. The molecule has 0 bridgehead atoms. The average Bonchev–Trinajstić information content (AvgIpc) is 2.34. The first kappa shape index (κ1) is 12.3. The molecule has 1 aliphatic rings. The van der Waals surface area contributed by atoms with Gasteiger partial charge in [-0.3, -0.25) is 9.59 Å². The second kappa shape index (κ2) is 5.00. The predicted octanol–water partition coefficient (Wildman–Crippen LogP) is 1.51. The largest absolute Gasteiger partial charge is 0.320 e. The zero-order valence-electron chi connectivity index (χ0n) is 10.4. The lowest BCUT2D eigenvalue weighted by atomic mass is 10.1. The summed E-state index contributed by atoms with van der Waals surface area (Å²) in [5, 5.41) is 6.61. The molecule has 2 rings (SSSR count). The molecular formula is C13H15N3O2. The predicted molar refractivity (Wildman–Crippen MR) is 69.4 cm³/mol. The van der Waals surface area contributed by atoms with Crippen molar-refractivity contribution in [1.82, 2.24) is 5.43 Å². The number of hydrazone groups is 1. The average molecular weight is 245 g/mol. The van der Waals surface area contributed by atoms with Crippen LogP contribution in [0.2, 0.25) is 0 Å². The van der Waals surface area contributed by atoms with Gasteiger partial charge in [-0.1, -0.05) is 18.2 Å².